The minimum Gasteiger partial charge on any atom is -0.482 e. The number of ether oxygens (including phenoxy) is 1. The summed E-state index contributed by atoms with van der Waals surface area (Å²) < 4.78 is 5.66. The van der Waals surface area contributed by atoms with Crippen molar-refractivity contribution < 1.29 is 14.5 Å². The number of nitrogens with zero attached hydrogens (tertiary/aromatic N) is 1. The molecular formula is C13H16ClN3O4. The standard InChI is InChI=1S/C13H16ClN3O4/c14-9-4-1-5-10(17(19)20)11(9)21-8-3-2-6-13(16,7-8)12(15)18/h1,4-5,8H,2-3,6-7,16H2,(H2,15,18). The molecule has 0 bridgehead atoms. The number of nitro benzene ring substituents is 1. The molecule has 1 aromatic carbocycles. The summed E-state index contributed by atoms with van der Waals surface area (Å²) in [4.78, 5) is 21.9. The Labute approximate surface area is 126 Å². The number of para-hydroxylation sites is 1. The molecule has 7 nitrogen and oxygen atoms in total. The van der Waals surface area contributed by atoms with Crippen LogP contribution in [-0.4, -0.2) is 22.5 Å². The van der Waals surface area contributed by atoms with Gasteiger partial charge < -0.3 is 16.2 Å². The SMILES string of the molecule is NC(=O)C1(N)CCCC(Oc2c(Cl)cccc2[N+](=O)[O-])C1. The van der Waals surface area contributed by atoms with Gasteiger partial charge in [-0.2, -0.15) is 0 Å². The molecule has 0 saturated heterocycles. The summed E-state index contributed by atoms with van der Waals surface area (Å²) in [6, 6.07) is 4.30. The molecule has 2 unspecified atom stereocenters. The van der Waals surface area contributed by atoms with Gasteiger partial charge in [0.1, 0.15) is 6.10 Å². The van der Waals surface area contributed by atoms with E-state index in [2.05, 4.69) is 0 Å². The van der Waals surface area contributed by atoms with Gasteiger partial charge in [0, 0.05) is 12.5 Å². The summed E-state index contributed by atoms with van der Waals surface area (Å²) in [5.74, 6) is -0.590. The molecule has 1 aromatic rings. The molecule has 1 saturated carbocycles. The Morgan fingerprint density at radius 1 is 1.52 bits per heavy atom. The first-order chi connectivity index (χ1) is 9.83. The van der Waals surface area contributed by atoms with Gasteiger partial charge in [-0.1, -0.05) is 17.7 Å². The topological polar surface area (TPSA) is 121 Å². The van der Waals surface area contributed by atoms with Gasteiger partial charge in [-0.05, 0) is 25.3 Å². The summed E-state index contributed by atoms with van der Waals surface area (Å²) in [6.07, 6.45) is 1.55. The molecule has 1 aliphatic rings. The molecule has 21 heavy (non-hydrogen) atoms. The molecule has 1 amide bonds. The lowest BCUT2D eigenvalue weighted by Crippen LogP contribution is -2.56. The molecule has 2 atom stereocenters. The predicted molar refractivity (Wildman–Crippen MR) is 77.1 cm³/mol. The number of carbonyl (C=O) groups excluding carboxylic acids is 1. The number of rotatable bonds is 4. The first-order valence-corrected chi connectivity index (χ1v) is 6.89. The van der Waals surface area contributed by atoms with Crippen molar-refractivity contribution in [3.63, 3.8) is 0 Å². The molecule has 0 aromatic heterocycles. The number of nitro groups is 1. The number of nitrogens with two attached hydrogens (primary N) is 2. The van der Waals surface area contributed by atoms with Crippen LogP contribution in [-0.2, 0) is 4.79 Å². The molecule has 0 heterocycles. The van der Waals surface area contributed by atoms with Crippen LogP contribution in [0, 0.1) is 10.1 Å². The molecular weight excluding hydrogens is 298 g/mol. The lowest BCUT2D eigenvalue weighted by atomic mass is 9.80. The second-order valence-electron chi connectivity index (χ2n) is 5.20. The zero-order valence-electron chi connectivity index (χ0n) is 11.3. The van der Waals surface area contributed by atoms with Crippen LogP contribution in [0.2, 0.25) is 5.02 Å². The van der Waals surface area contributed by atoms with Crippen LogP contribution in [0.25, 0.3) is 0 Å². The number of hydrogen-bond acceptors (Lipinski definition) is 5. The molecule has 1 aliphatic carbocycles. The molecule has 0 radical (unpaired) electrons. The Hall–Kier alpha value is -1.86. The molecule has 2 rings (SSSR count). The maximum absolute atomic E-state index is 11.4. The van der Waals surface area contributed by atoms with E-state index in [4.69, 9.17) is 27.8 Å². The molecule has 4 N–H and O–H groups in total. The molecule has 8 heteroatoms. The number of benzene rings is 1. The fourth-order valence-corrected chi connectivity index (χ4v) is 2.72. The van der Waals surface area contributed by atoms with Crippen LogP contribution in [0.1, 0.15) is 25.7 Å². The third-order valence-electron chi connectivity index (χ3n) is 3.66. The summed E-state index contributed by atoms with van der Waals surface area (Å²) in [5, 5.41) is 11.2. The smallest absolute Gasteiger partial charge is 0.312 e. The average molecular weight is 314 g/mol. The lowest BCUT2D eigenvalue weighted by molar-refractivity contribution is -0.386. The molecule has 1 fully saturated rings. The molecule has 0 spiro atoms. The third-order valence-corrected chi connectivity index (χ3v) is 3.96. The summed E-state index contributed by atoms with van der Waals surface area (Å²) in [6.45, 7) is 0. The zero-order chi connectivity index (χ0) is 15.6. The average Bonchev–Trinajstić information content (AvgIpc) is 2.40. The lowest BCUT2D eigenvalue weighted by Gasteiger charge is -2.35. The highest BCUT2D eigenvalue weighted by Gasteiger charge is 2.39. The van der Waals surface area contributed by atoms with Crippen molar-refractivity contribution in [2.24, 2.45) is 11.5 Å². The van der Waals surface area contributed by atoms with Crippen LogP contribution in [0.5, 0.6) is 5.75 Å². The van der Waals surface area contributed by atoms with Crippen LogP contribution in [0.3, 0.4) is 0 Å². The Balaban J connectivity index is 2.23. The van der Waals surface area contributed by atoms with Crippen molar-refractivity contribution >= 4 is 23.2 Å². The number of hydrogen-bond donors (Lipinski definition) is 2. The number of halogens is 1. The Kier molecular flexibility index (Phi) is 4.34. The van der Waals surface area contributed by atoms with Gasteiger partial charge in [-0.3, -0.25) is 14.9 Å². The van der Waals surface area contributed by atoms with Gasteiger partial charge in [0.25, 0.3) is 0 Å². The summed E-state index contributed by atoms with van der Waals surface area (Å²) >= 11 is 5.97. The first kappa shape index (κ1) is 15.5. The van der Waals surface area contributed by atoms with Gasteiger partial charge >= 0.3 is 5.69 Å². The van der Waals surface area contributed by atoms with Gasteiger partial charge in [-0.15, -0.1) is 0 Å². The quantitative estimate of drug-likeness (QED) is 0.647. The van der Waals surface area contributed by atoms with E-state index in [-0.39, 0.29) is 22.9 Å². The minimum atomic E-state index is -1.14. The number of amides is 1. The van der Waals surface area contributed by atoms with Crippen molar-refractivity contribution in [2.45, 2.75) is 37.3 Å². The fraction of sp³-hybridized carbons (Fsp3) is 0.462. The second kappa shape index (κ2) is 5.87. The van der Waals surface area contributed by atoms with Crippen molar-refractivity contribution in [3.05, 3.63) is 33.3 Å². The Morgan fingerprint density at radius 2 is 2.24 bits per heavy atom. The fourth-order valence-electron chi connectivity index (χ4n) is 2.50. The van der Waals surface area contributed by atoms with Gasteiger partial charge in [0.2, 0.25) is 11.7 Å². The number of primary amides is 1. The zero-order valence-corrected chi connectivity index (χ0v) is 12.0. The van der Waals surface area contributed by atoms with Crippen LogP contribution < -0.4 is 16.2 Å². The highest BCUT2D eigenvalue weighted by molar-refractivity contribution is 6.32. The second-order valence-corrected chi connectivity index (χ2v) is 5.61. The van der Waals surface area contributed by atoms with E-state index in [1.807, 2.05) is 0 Å². The largest absolute Gasteiger partial charge is 0.482 e. The molecule has 114 valence electrons. The summed E-state index contributed by atoms with van der Waals surface area (Å²) in [5.41, 5.74) is 9.92. The van der Waals surface area contributed by atoms with Gasteiger partial charge in [0.15, 0.2) is 0 Å². The van der Waals surface area contributed by atoms with Crippen molar-refractivity contribution in [1.29, 1.82) is 0 Å². The number of carbonyl (C=O) groups is 1. The van der Waals surface area contributed by atoms with Crippen LogP contribution in [0.15, 0.2) is 18.2 Å². The third kappa shape index (κ3) is 3.25. The first-order valence-electron chi connectivity index (χ1n) is 6.52. The van der Waals surface area contributed by atoms with E-state index < -0.39 is 22.5 Å². The van der Waals surface area contributed by atoms with Crippen LogP contribution in [0.4, 0.5) is 5.69 Å². The van der Waals surface area contributed by atoms with Gasteiger partial charge in [0.05, 0.1) is 15.5 Å². The van der Waals surface area contributed by atoms with E-state index >= 15 is 0 Å². The van der Waals surface area contributed by atoms with Gasteiger partial charge in [-0.25, -0.2) is 0 Å². The maximum Gasteiger partial charge on any atom is 0.312 e. The molecule has 0 aliphatic heterocycles. The maximum atomic E-state index is 11.4. The van der Waals surface area contributed by atoms with Crippen molar-refractivity contribution in [2.75, 3.05) is 0 Å². The minimum absolute atomic E-state index is 0.00267. The van der Waals surface area contributed by atoms with E-state index in [0.29, 0.717) is 19.3 Å². The van der Waals surface area contributed by atoms with E-state index in [1.165, 1.54) is 18.2 Å². The van der Waals surface area contributed by atoms with Crippen molar-refractivity contribution in [1.82, 2.24) is 0 Å². The highest BCUT2D eigenvalue weighted by Crippen LogP contribution is 2.38. The Morgan fingerprint density at radius 3 is 2.86 bits per heavy atom. The monoisotopic (exact) mass is 313 g/mol. The van der Waals surface area contributed by atoms with Crippen LogP contribution >= 0.6 is 11.6 Å². The summed E-state index contributed by atoms with van der Waals surface area (Å²) in [7, 11) is 0. The Bertz CT molecular complexity index is 581. The van der Waals surface area contributed by atoms with E-state index in [9.17, 15) is 14.9 Å². The van der Waals surface area contributed by atoms with E-state index in [0.717, 1.165) is 0 Å². The highest BCUT2D eigenvalue weighted by atomic mass is 35.5. The van der Waals surface area contributed by atoms with Crippen molar-refractivity contribution in [3.8, 4) is 5.75 Å². The predicted octanol–water partition coefficient (Wildman–Crippen LogP) is 1.75. The normalized spacial score (nSPS) is 25.3. The van der Waals surface area contributed by atoms with E-state index in [1.54, 1.807) is 0 Å².